The Morgan fingerprint density at radius 1 is 1.25 bits per heavy atom. The van der Waals surface area contributed by atoms with Gasteiger partial charge in [0.25, 0.3) is 0 Å². The van der Waals surface area contributed by atoms with Crippen LogP contribution in [0.2, 0.25) is 0 Å². The molecule has 0 aromatic rings. The van der Waals surface area contributed by atoms with E-state index in [4.69, 9.17) is 6.92 Å². The zero-order valence-corrected chi connectivity index (χ0v) is 10.5. The largest absolute Gasteiger partial charge is 0.340 e. The predicted octanol–water partition coefficient (Wildman–Crippen LogP) is 0.183. The lowest BCUT2D eigenvalue weighted by atomic mass is 10.2. The molecule has 92 valence electrons. The standard InChI is InChI=1S/C12H23N3O/c1-4-6-13(2)7-5-12(16)15-10-8-14(3)9-11-15/h1H,4-11H2,2-3H3. The summed E-state index contributed by atoms with van der Waals surface area (Å²) >= 11 is 0. The van der Waals surface area contributed by atoms with E-state index < -0.39 is 0 Å². The summed E-state index contributed by atoms with van der Waals surface area (Å²) in [6.45, 7) is 10.8. The Labute approximate surface area is 99.2 Å². The molecule has 1 amide bonds. The molecule has 1 saturated heterocycles. The summed E-state index contributed by atoms with van der Waals surface area (Å²) < 4.78 is 0. The summed E-state index contributed by atoms with van der Waals surface area (Å²) in [4.78, 5) is 18.2. The summed E-state index contributed by atoms with van der Waals surface area (Å²) in [5.74, 6) is 0.275. The van der Waals surface area contributed by atoms with Gasteiger partial charge in [-0.25, -0.2) is 0 Å². The molecule has 1 aliphatic rings. The van der Waals surface area contributed by atoms with Crippen LogP contribution in [0.5, 0.6) is 0 Å². The zero-order chi connectivity index (χ0) is 12.0. The number of carbonyl (C=O) groups is 1. The molecular formula is C12H23N3O. The van der Waals surface area contributed by atoms with Crippen molar-refractivity contribution < 1.29 is 4.79 Å². The number of nitrogens with zero attached hydrogens (tertiary/aromatic N) is 3. The normalized spacial score (nSPS) is 18.1. The van der Waals surface area contributed by atoms with Crippen molar-refractivity contribution in [1.82, 2.24) is 14.7 Å². The summed E-state index contributed by atoms with van der Waals surface area (Å²) in [6.07, 6.45) is 1.26. The SMILES string of the molecule is [CH]CCN(C)CCC(=O)N1CCN(C)CC1. The maximum absolute atomic E-state index is 11.9. The van der Waals surface area contributed by atoms with E-state index in [2.05, 4.69) is 16.8 Å². The summed E-state index contributed by atoms with van der Waals surface area (Å²) in [6, 6.07) is 0. The third kappa shape index (κ3) is 4.49. The van der Waals surface area contributed by atoms with Crippen LogP contribution in [-0.4, -0.2) is 74.0 Å². The van der Waals surface area contributed by atoms with Gasteiger partial charge in [0.1, 0.15) is 0 Å². The molecule has 0 unspecified atom stereocenters. The van der Waals surface area contributed by atoms with Gasteiger partial charge in [-0.2, -0.15) is 0 Å². The first-order chi connectivity index (χ1) is 7.63. The van der Waals surface area contributed by atoms with Crippen molar-refractivity contribution in [2.24, 2.45) is 0 Å². The Bertz CT molecular complexity index is 212. The lowest BCUT2D eigenvalue weighted by Gasteiger charge is -2.32. The fraction of sp³-hybridized carbons (Fsp3) is 0.833. The molecule has 1 rings (SSSR count). The van der Waals surface area contributed by atoms with E-state index in [9.17, 15) is 4.79 Å². The van der Waals surface area contributed by atoms with Crippen LogP contribution in [0.3, 0.4) is 0 Å². The van der Waals surface area contributed by atoms with Gasteiger partial charge >= 0.3 is 0 Å². The zero-order valence-electron chi connectivity index (χ0n) is 10.5. The van der Waals surface area contributed by atoms with Crippen LogP contribution in [0.4, 0.5) is 0 Å². The molecular weight excluding hydrogens is 202 g/mol. The van der Waals surface area contributed by atoms with E-state index in [0.717, 1.165) is 39.3 Å². The lowest BCUT2D eigenvalue weighted by Crippen LogP contribution is -2.47. The average molecular weight is 225 g/mol. The molecule has 0 N–H and O–H groups in total. The molecule has 4 heteroatoms. The second-order valence-corrected chi connectivity index (χ2v) is 4.53. The van der Waals surface area contributed by atoms with Crippen LogP contribution in [0.25, 0.3) is 0 Å². The highest BCUT2D eigenvalue weighted by molar-refractivity contribution is 5.76. The van der Waals surface area contributed by atoms with Gasteiger partial charge < -0.3 is 14.7 Å². The molecule has 4 nitrogen and oxygen atoms in total. The first kappa shape index (κ1) is 13.5. The highest BCUT2D eigenvalue weighted by atomic mass is 16.2. The fourth-order valence-corrected chi connectivity index (χ4v) is 1.83. The Kier molecular flexibility index (Phi) is 5.77. The van der Waals surface area contributed by atoms with Crippen molar-refractivity contribution in [2.75, 3.05) is 53.4 Å². The van der Waals surface area contributed by atoms with Crippen LogP contribution in [-0.2, 0) is 4.79 Å². The molecule has 16 heavy (non-hydrogen) atoms. The van der Waals surface area contributed by atoms with Gasteiger partial charge in [-0.3, -0.25) is 4.79 Å². The first-order valence-corrected chi connectivity index (χ1v) is 5.98. The van der Waals surface area contributed by atoms with Gasteiger partial charge in [-0.1, -0.05) is 0 Å². The number of hydrogen-bond donors (Lipinski definition) is 0. The average Bonchev–Trinajstić information content (AvgIpc) is 2.27. The molecule has 0 aromatic carbocycles. The molecule has 1 fully saturated rings. The molecule has 1 aliphatic heterocycles. The van der Waals surface area contributed by atoms with Gasteiger partial charge in [0, 0.05) is 39.1 Å². The smallest absolute Gasteiger partial charge is 0.223 e. The maximum atomic E-state index is 11.9. The molecule has 0 aliphatic carbocycles. The van der Waals surface area contributed by atoms with Crippen molar-refractivity contribution in [3.05, 3.63) is 6.92 Å². The molecule has 0 aromatic heterocycles. The first-order valence-electron chi connectivity index (χ1n) is 5.98. The van der Waals surface area contributed by atoms with Crippen molar-refractivity contribution >= 4 is 5.91 Å². The van der Waals surface area contributed by atoms with E-state index in [-0.39, 0.29) is 5.91 Å². The summed E-state index contributed by atoms with van der Waals surface area (Å²) in [5, 5.41) is 0. The minimum Gasteiger partial charge on any atom is -0.340 e. The topological polar surface area (TPSA) is 26.8 Å². The van der Waals surface area contributed by atoms with E-state index in [1.165, 1.54) is 0 Å². The molecule has 0 saturated carbocycles. The van der Waals surface area contributed by atoms with Gasteiger partial charge in [0.15, 0.2) is 0 Å². The maximum Gasteiger partial charge on any atom is 0.223 e. The quantitative estimate of drug-likeness (QED) is 0.668. The third-order valence-electron chi connectivity index (χ3n) is 3.07. The van der Waals surface area contributed by atoms with E-state index in [0.29, 0.717) is 12.8 Å². The van der Waals surface area contributed by atoms with Gasteiger partial charge in [0.2, 0.25) is 5.91 Å². The van der Waals surface area contributed by atoms with E-state index in [1.54, 1.807) is 0 Å². The molecule has 1 heterocycles. The second-order valence-electron chi connectivity index (χ2n) is 4.53. The Morgan fingerprint density at radius 3 is 2.44 bits per heavy atom. The van der Waals surface area contributed by atoms with Crippen molar-refractivity contribution in [2.45, 2.75) is 12.8 Å². The number of carbonyl (C=O) groups excluding carboxylic acids is 1. The van der Waals surface area contributed by atoms with Gasteiger partial charge in [0.05, 0.1) is 0 Å². The molecule has 0 spiro atoms. The van der Waals surface area contributed by atoms with Crippen LogP contribution in [0.1, 0.15) is 12.8 Å². The Hall–Kier alpha value is -0.610. The number of likely N-dealkylation sites (N-methyl/N-ethyl adjacent to an activating group) is 1. The molecule has 2 radical (unpaired) electrons. The highest BCUT2D eigenvalue weighted by Gasteiger charge is 2.18. The number of hydrogen-bond acceptors (Lipinski definition) is 3. The number of rotatable bonds is 5. The van der Waals surface area contributed by atoms with Crippen LogP contribution < -0.4 is 0 Å². The number of piperazine rings is 1. The lowest BCUT2D eigenvalue weighted by molar-refractivity contribution is -0.133. The van der Waals surface area contributed by atoms with Crippen molar-refractivity contribution in [3.63, 3.8) is 0 Å². The minimum absolute atomic E-state index is 0.275. The van der Waals surface area contributed by atoms with Crippen LogP contribution >= 0.6 is 0 Å². The Balaban J connectivity index is 2.19. The fourth-order valence-electron chi connectivity index (χ4n) is 1.83. The van der Waals surface area contributed by atoms with Gasteiger partial charge in [-0.15, -0.1) is 0 Å². The minimum atomic E-state index is 0.275. The van der Waals surface area contributed by atoms with E-state index >= 15 is 0 Å². The van der Waals surface area contributed by atoms with Crippen molar-refractivity contribution in [1.29, 1.82) is 0 Å². The highest BCUT2D eigenvalue weighted by Crippen LogP contribution is 2.02. The Morgan fingerprint density at radius 2 is 1.88 bits per heavy atom. The van der Waals surface area contributed by atoms with Crippen LogP contribution in [0.15, 0.2) is 0 Å². The predicted molar refractivity (Wildman–Crippen MR) is 65.1 cm³/mol. The summed E-state index contributed by atoms with van der Waals surface area (Å²) in [5.41, 5.74) is 0. The third-order valence-corrected chi connectivity index (χ3v) is 3.07. The van der Waals surface area contributed by atoms with Crippen LogP contribution in [0, 0.1) is 6.92 Å². The van der Waals surface area contributed by atoms with E-state index in [1.807, 2.05) is 11.9 Å². The second kappa shape index (κ2) is 6.86. The number of amides is 1. The monoisotopic (exact) mass is 225 g/mol. The summed E-state index contributed by atoms with van der Waals surface area (Å²) in [7, 11) is 4.10. The molecule has 0 atom stereocenters. The van der Waals surface area contributed by atoms with Gasteiger partial charge in [-0.05, 0) is 34.0 Å². The van der Waals surface area contributed by atoms with Crippen molar-refractivity contribution in [3.8, 4) is 0 Å². The molecule has 0 bridgehead atoms.